The summed E-state index contributed by atoms with van der Waals surface area (Å²) in [6, 6.07) is 45.0. The van der Waals surface area contributed by atoms with Crippen molar-refractivity contribution in [1.29, 1.82) is 0 Å². The van der Waals surface area contributed by atoms with Crippen LogP contribution in [0.3, 0.4) is 0 Å². The molecule has 28 heavy (non-hydrogen) atoms. The predicted molar refractivity (Wildman–Crippen MR) is 126 cm³/mol. The maximum atomic E-state index is 2.36. The van der Waals surface area contributed by atoms with Crippen molar-refractivity contribution in [3.63, 3.8) is 0 Å². The fraction of sp³-hybridized carbons (Fsp3) is 0.0385. The Morgan fingerprint density at radius 2 is 0.571 bits per heavy atom. The van der Waals surface area contributed by atoms with Crippen molar-refractivity contribution >= 4 is 46.3 Å². The van der Waals surface area contributed by atoms with Crippen molar-refractivity contribution in [2.45, 2.75) is 4.09 Å². The van der Waals surface area contributed by atoms with E-state index < -0.39 is 28.7 Å². The molecule has 0 aliphatic carbocycles. The van der Waals surface area contributed by atoms with Crippen molar-refractivity contribution in [2.75, 3.05) is 0 Å². The molecule has 0 fully saturated rings. The van der Waals surface area contributed by atoms with Gasteiger partial charge in [0.15, 0.2) is 0 Å². The zero-order chi connectivity index (χ0) is 18.3. The number of hydrogen-bond donors (Lipinski definition) is 0. The van der Waals surface area contributed by atoms with Gasteiger partial charge in [0, 0.05) is 0 Å². The summed E-state index contributed by atoms with van der Waals surface area (Å²) in [4.78, 5) is 0. The summed E-state index contributed by atoms with van der Waals surface area (Å²) in [6.07, 6.45) is 0. The normalized spacial score (nSPS) is 10.6. The van der Waals surface area contributed by atoms with Crippen LogP contribution in [0.5, 0.6) is 0 Å². The molecule has 0 heterocycles. The quantitative estimate of drug-likeness (QED) is 0.292. The van der Waals surface area contributed by atoms with Gasteiger partial charge in [-0.05, 0) is 0 Å². The SMILES string of the molecule is [CH2-].c1cc[c]([Ge]([CH2][Ge]([c]2ccccc2)[c]2ccccc2)[c]2ccccc2)cc1. The van der Waals surface area contributed by atoms with Crippen molar-refractivity contribution < 1.29 is 0 Å². The fourth-order valence-electron chi connectivity index (χ4n) is 3.48. The second-order valence-corrected chi connectivity index (χ2v) is 20.1. The average Bonchev–Trinajstić information content (AvgIpc) is 2.77. The second-order valence-electron chi connectivity index (χ2n) is 6.60. The van der Waals surface area contributed by atoms with Gasteiger partial charge in [-0.1, -0.05) is 0 Å². The van der Waals surface area contributed by atoms with Crippen molar-refractivity contribution in [3.8, 4) is 0 Å². The molecule has 3 radical (unpaired) electrons. The van der Waals surface area contributed by atoms with Crippen molar-refractivity contribution in [2.24, 2.45) is 0 Å². The summed E-state index contributed by atoms with van der Waals surface area (Å²) in [6.45, 7) is 0. The molecule has 137 valence electrons. The van der Waals surface area contributed by atoms with Gasteiger partial charge in [0.25, 0.3) is 0 Å². The molecule has 0 aromatic heterocycles. The summed E-state index contributed by atoms with van der Waals surface area (Å²) in [5.74, 6) is 0. The van der Waals surface area contributed by atoms with Crippen LogP contribution in [0.1, 0.15) is 0 Å². The Bertz CT molecular complexity index is 779. The number of rotatable bonds is 6. The van der Waals surface area contributed by atoms with E-state index in [2.05, 4.69) is 121 Å². The van der Waals surface area contributed by atoms with Gasteiger partial charge in [0.2, 0.25) is 0 Å². The van der Waals surface area contributed by atoms with E-state index in [9.17, 15) is 0 Å². The Hall–Kier alpha value is -2.03. The van der Waals surface area contributed by atoms with Gasteiger partial charge in [-0.3, -0.25) is 0 Å². The molecule has 4 aromatic rings. The second kappa shape index (κ2) is 10.5. The van der Waals surface area contributed by atoms with Gasteiger partial charge >= 0.3 is 172 Å². The predicted octanol–water partition coefficient (Wildman–Crippen LogP) is 3.47. The van der Waals surface area contributed by atoms with Crippen LogP contribution in [-0.2, 0) is 0 Å². The van der Waals surface area contributed by atoms with E-state index >= 15 is 0 Å². The Morgan fingerprint density at radius 3 is 0.786 bits per heavy atom. The third-order valence-corrected chi connectivity index (χ3v) is 22.7. The van der Waals surface area contributed by atoms with Gasteiger partial charge in [0.1, 0.15) is 0 Å². The van der Waals surface area contributed by atoms with Crippen LogP contribution in [-0.4, -0.2) is 28.7 Å². The third-order valence-electron chi connectivity index (χ3n) is 4.84. The molecular weight excluding hydrogens is 458 g/mol. The van der Waals surface area contributed by atoms with Crippen LogP contribution in [0.4, 0.5) is 0 Å². The Labute approximate surface area is 178 Å². The monoisotopic (exact) mass is 484 g/mol. The first-order chi connectivity index (χ1) is 13.4. The van der Waals surface area contributed by atoms with E-state index in [4.69, 9.17) is 0 Å². The molecular formula is C26H24Ge2-. The van der Waals surface area contributed by atoms with Crippen LogP contribution < -0.4 is 17.6 Å². The molecule has 0 N–H and O–H groups in total. The summed E-state index contributed by atoms with van der Waals surface area (Å²) in [5.41, 5.74) is 0. The first-order valence-electron chi connectivity index (χ1n) is 9.35. The summed E-state index contributed by atoms with van der Waals surface area (Å²) >= 11 is -3.23. The van der Waals surface area contributed by atoms with Gasteiger partial charge in [0.05, 0.1) is 0 Å². The van der Waals surface area contributed by atoms with Crippen LogP contribution in [0.2, 0.25) is 4.09 Å². The minimum absolute atomic E-state index is 0. The van der Waals surface area contributed by atoms with Crippen LogP contribution in [0.15, 0.2) is 121 Å². The molecule has 4 aromatic carbocycles. The molecule has 0 spiro atoms. The van der Waals surface area contributed by atoms with Crippen LogP contribution in [0.25, 0.3) is 0 Å². The zero-order valence-electron chi connectivity index (χ0n) is 16.0. The van der Waals surface area contributed by atoms with E-state index in [-0.39, 0.29) is 7.43 Å². The average molecular weight is 482 g/mol. The molecule has 0 saturated heterocycles. The van der Waals surface area contributed by atoms with E-state index in [1.165, 1.54) is 4.09 Å². The molecule has 0 aliphatic heterocycles. The first kappa shape index (κ1) is 20.7. The third kappa shape index (κ3) is 5.06. The summed E-state index contributed by atoms with van der Waals surface area (Å²) in [7, 11) is 0. The molecule has 0 aliphatic rings. The van der Waals surface area contributed by atoms with Gasteiger partial charge in [-0.25, -0.2) is 0 Å². The van der Waals surface area contributed by atoms with Crippen LogP contribution >= 0.6 is 0 Å². The molecule has 0 nitrogen and oxygen atoms in total. The van der Waals surface area contributed by atoms with E-state index in [1.54, 1.807) is 17.6 Å². The van der Waals surface area contributed by atoms with Crippen molar-refractivity contribution in [1.82, 2.24) is 0 Å². The van der Waals surface area contributed by atoms with Gasteiger partial charge in [-0.15, -0.1) is 0 Å². The molecule has 0 atom stereocenters. The molecule has 0 saturated carbocycles. The molecule has 4 rings (SSSR count). The topological polar surface area (TPSA) is 0 Å². The molecule has 2 heteroatoms. The van der Waals surface area contributed by atoms with E-state index in [1.807, 2.05) is 0 Å². The Morgan fingerprint density at radius 1 is 0.357 bits per heavy atom. The van der Waals surface area contributed by atoms with E-state index in [0.717, 1.165) is 0 Å². The number of benzene rings is 4. The molecule has 0 unspecified atom stereocenters. The summed E-state index contributed by atoms with van der Waals surface area (Å²) < 4.78 is 7.71. The summed E-state index contributed by atoms with van der Waals surface area (Å²) in [5, 5.41) is 0. The number of hydrogen-bond acceptors (Lipinski definition) is 0. The van der Waals surface area contributed by atoms with Crippen molar-refractivity contribution in [3.05, 3.63) is 129 Å². The molecule has 0 bridgehead atoms. The Kier molecular flexibility index (Phi) is 7.76. The van der Waals surface area contributed by atoms with E-state index in [0.29, 0.717) is 0 Å². The zero-order valence-corrected chi connectivity index (χ0v) is 20.2. The van der Waals surface area contributed by atoms with Gasteiger partial charge < -0.3 is 7.43 Å². The fourth-order valence-corrected chi connectivity index (χ4v) is 25.1. The Balaban J connectivity index is 0.00000225. The minimum atomic E-state index is -1.62. The standard InChI is InChI=1S/C25H22Ge2.CH2/c1-5-13-22(14-6-1)26(23-15-7-2-8-16-23)21-27(24-17-9-3-10-18-24)25-19-11-4-12-20-25;/h1-20H,21H2;1H2/q;-1. The van der Waals surface area contributed by atoms with Crippen LogP contribution in [0, 0.1) is 7.43 Å². The maximum absolute atomic E-state index is 2.36. The van der Waals surface area contributed by atoms with Gasteiger partial charge in [-0.2, -0.15) is 0 Å². The molecule has 0 amide bonds. The first-order valence-corrected chi connectivity index (χ1v) is 16.5.